The predicted molar refractivity (Wildman–Crippen MR) is 113 cm³/mol. The number of aromatic nitrogens is 3. The second-order valence-corrected chi connectivity index (χ2v) is 9.89. The Morgan fingerprint density at radius 1 is 1.32 bits per heavy atom. The van der Waals surface area contributed by atoms with E-state index in [0.29, 0.717) is 6.04 Å². The Hall–Kier alpha value is -1.38. The van der Waals surface area contributed by atoms with Crippen LogP contribution in [0.5, 0.6) is 0 Å². The maximum atomic E-state index is 12.7. The minimum Gasteiger partial charge on any atom is -0.376 e. The number of carbonyl (C=O) groups is 1. The molecule has 2 aromatic heterocycles. The number of thiophene rings is 1. The monoisotopic (exact) mass is 420 g/mol. The normalized spacial score (nSPS) is 21.7. The van der Waals surface area contributed by atoms with Crippen LogP contribution >= 0.6 is 23.1 Å². The van der Waals surface area contributed by atoms with Crippen LogP contribution in [0.3, 0.4) is 0 Å². The molecular formula is C20H28N4O2S2. The fourth-order valence-corrected chi connectivity index (χ4v) is 5.48. The Morgan fingerprint density at radius 3 is 2.89 bits per heavy atom. The van der Waals surface area contributed by atoms with Gasteiger partial charge in [-0.05, 0) is 44.1 Å². The van der Waals surface area contributed by atoms with Gasteiger partial charge in [0.1, 0.15) is 0 Å². The predicted octanol–water partition coefficient (Wildman–Crippen LogP) is 4.12. The average molecular weight is 421 g/mol. The number of hydrogen-bond acceptors (Lipinski definition) is 6. The Morgan fingerprint density at radius 2 is 2.18 bits per heavy atom. The van der Waals surface area contributed by atoms with Gasteiger partial charge in [-0.2, -0.15) is 0 Å². The van der Waals surface area contributed by atoms with E-state index >= 15 is 0 Å². The molecule has 0 spiro atoms. The summed E-state index contributed by atoms with van der Waals surface area (Å²) in [5, 5.41) is 14.7. The highest BCUT2D eigenvalue weighted by atomic mass is 32.2. The van der Waals surface area contributed by atoms with E-state index in [1.165, 1.54) is 31.0 Å². The van der Waals surface area contributed by atoms with Crippen molar-refractivity contribution in [2.24, 2.45) is 0 Å². The van der Waals surface area contributed by atoms with Gasteiger partial charge in [-0.3, -0.25) is 9.36 Å². The smallest absolute Gasteiger partial charge is 0.233 e. The van der Waals surface area contributed by atoms with Crippen molar-refractivity contribution in [3.8, 4) is 10.7 Å². The van der Waals surface area contributed by atoms with Crippen LogP contribution < -0.4 is 5.32 Å². The zero-order chi connectivity index (χ0) is 19.3. The molecule has 1 saturated heterocycles. The standard InChI is InChI=1S/C20H28N4O2S2/c1-14(19(25)21-15-7-3-2-4-8-15)28-20-23-22-18(17-10-6-12-27-17)24(20)13-16-9-5-11-26-16/h6,10,12,14-16H,2-5,7-9,11,13H2,1H3,(H,21,25). The van der Waals surface area contributed by atoms with E-state index in [1.807, 2.05) is 18.4 Å². The largest absolute Gasteiger partial charge is 0.376 e. The Kier molecular flexibility index (Phi) is 6.69. The van der Waals surface area contributed by atoms with Crippen LogP contribution in [0.4, 0.5) is 0 Å². The Labute approximate surface area is 174 Å². The number of amides is 1. The summed E-state index contributed by atoms with van der Waals surface area (Å²) in [5.41, 5.74) is 0. The van der Waals surface area contributed by atoms with Gasteiger partial charge >= 0.3 is 0 Å². The third-order valence-corrected chi connectivity index (χ3v) is 7.42. The molecule has 2 aromatic rings. The van der Waals surface area contributed by atoms with E-state index in [1.54, 1.807) is 11.3 Å². The van der Waals surface area contributed by atoms with Gasteiger partial charge in [0, 0.05) is 12.6 Å². The van der Waals surface area contributed by atoms with E-state index in [2.05, 4.69) is 26.1 Å². The highest BCUT2D eigenvalue weighted by Crippen LogP contribution is 2.31. The summed E-state index contributed by atoms with van der Waals surface area (Å²) in [6, 6.07) is 4.42. The second kappa shape index (κ2) is 9.41. The number of ether oxygens (including phenoxy) is 1. The second-order valence-electron chi connectivity index (χ2n) is 7.63. The quantitative estimate of drug-likeness (QED) is 0.683. The third kappa shape index (κ3) is 4.78. The molecule has 152 valence electrons. The van der Waals surface area contributed by atoms with Crippen molar-refractivity contribution in [1.82, 2.24) is 20.1 Å². The maximum Gasteiger partial charge on any atom is 0.233 e. The zero-order valence-electron chi connectivity index (χ0n) is 16.3. The molecule has 2 aliphatic rings. The fraction of sp³-hybridized carbons (Fsp3) is 0.650. The van der Waals surface area contributed by atoms with Crippen molar-refractivity contribution >= 4 is 29.0 Å². The van der Waals surface area contributed by atoms with Crippen molar-refractivity contribution in [2.75, 3.05) is 6.61 Å². The first kappa shape index (κ1) is 19.9. The minimum absolute atomic E-state index is 0.0984. The molecule has 3 heterocycles. The van der Waals surface area contributed by atoms with Crippen LogP contribution in [-0.2, 0) is 16.1 Å². The molecule has 2 unspecified atom stereocenters. The number of thioether (sulfide) groups is 1. The zero-order valence-corrected chi connectivity index (χ0v) is 17.9. The summed E-state index contributed by atoms with van der Waals surface area (Å²) in [6.07, 6.45) is 8.27. The molecule has 1 saturated carbocycles. The molecule has 8 heteroatoms. The van der Waals surface area contributed by atoms with Crippen LogP contribution in [0, 0.1) is 0 Å². The van der Waals surface area contributed by atoms with Crippen molar-refractivity contribution in [1.29, 1.82) is 0 Å². The molecule has 4 rings (SSSR count). The molecule has 1 aliphatic heterocycles. The molecule has 1 amide bonds. The SMILES string of the molecule is CC(Sc1nnc(-c2cccs2)n1CC1CCCO1)C(=O)NC1CCCCC1. The Balaban J connectivity index is 1.47. The van der Waals surface area contributed by atoms with E-state index in [4.69, 9.17) is 4.74 Å². The fourth-order valence-electron chi connectivity index (χ4n) is 3.90. The molecule has 1 N–H and O–H groups in total. The van der Waals surface area contributed by atoms with Crippen LogP contribution in [0.15, 0.2) is 22.7 Å². The first-order valence-corrected chi connectivity index (χ1v) is 12.0. The van der Waals surface area contributed by atoms with Gasteiger partial charge in [-0.25, -0.2) is 0 Å². The first-order valence-electron chi connectivity index (χ1n) is 10.3. The van der Waals surface area contributed by atoms with E-state index in [9.17, 15) is 4.79 Å². The van der Waals surface area contributed by atoms with Gasteiger partial charge in [0.15, 0.2) is 11.0 Å². The lowest BCUT2D eigenvalue weighted by atomic mass is 9.95. The van der Waals surface area contributed by atoms with E-state index in [0.717, 1.165) is 54.7 Å². The molecule has 28 heavy (non-hydrogen) atoms. The van der Waals surface area contributed by atoms with Gasteiger partial charge in [-0.1, -0.05) is 37.1 Å². The van der Waals surface area contributed by atoms with Gasteiger partial charge in [-0.15, -0.1) is 21.5 Å². The highest BCUT2D eigenvalue weighted by molar-refractivity contribution is 8.00. The van der Waals surface area contributed by atoms with Crippen molar-refractivity contribution in [2.45, 2.75) is 81.0 Å². The molecule has 2 atom stereocenters. The summed E-state index contributed by atoms with van der Waals surface area (Å²) < 4.78 is 7.98. The number of nitrogens with one attached hydrogen (secondary N) is 1. The topological polar surface area (TPSA) is 69.0 Å². The summed E-state index contributed by atoms with van der Waals surface area (Å²) in [6.45, 7) is 3.52. The van der Waals surface area contributed by atoms with E-state index < -0.39 is 0 Å². The number of hydrogen-bond donors (Lipinski definition) is 1. The number of carbonyl (C=O) groups excluding carboxylic acids is 1. The van der Waals surface area contributed by atoms with Gasteiger partial charge in [0.05, 0.1) is 22.8 Å². The van der Waals surface area contributed by atoms with Crippen LogP contribution in [0.1, 0.15) is 51.9 Å². The van der Waals surface area contributed by atoms with Crippen molar-refractivity contribution < 1.29 is 9.53 Å². The summed E-state index contributed by atoms with van der Waals surface area (Å²) in [7, 11) is 0. The highest BCUT2D eigenvalue weighted by Gasteiger charge is 2.26. The van der Waals surface area contributed by atoms with Crippen LogP contribution in [0.2, 0.25) is 0 Å². The maximum absolute atomic E-state index is 12.7. The van der Waals surface area contributed by atoms with Gasteiger partial charge in [0.25, 0.3) is 0 Å². The summed E-state index contributed by atoms with van der Waals surface area (Å²) in [5.74, 6) is 0.967. The number of rotatable bonds is 7. The minimum atomic E-state index is -0.203. The lowest BCUT2D eigenvalue weighted by molar-refractivity contribution is -0.121. The van der Waals surface area contributed by atoms with Gasteiger partial charge < -0.3 is 10.1 Å². The molecule has 0 radical (unpaired) electrons. The first-order chi connectivity index (χ1) is 13.7. The molecule has 0 aromatic carbocycles. The van der Waals surface area contributed by atoms with Crippen LogP contribution in [-0.4, -0.2) is 44.7 Å². The Bertz CT molecular complexity index is 765. The van der Waals surface area contributed by atoms with Gasteiger partial charge in [0.2, 0.25) is 5.91 Å². The lowest BCUT2D eigenvalue weighted by Gasteiger charge is -2.24. The molecule has 6 nitrogen and oxygen atoms in total. The third-order valence-electron chi connectivity index (χ3n) is 5.47. The average Bonchev–Trinajstić information content (AvgIpc) is 3.46. The molecule has 0 bridgehead atoms. The molecule has 1 aliphatic carbocycles. The van der Waals surface area contributed by atoms with E-state index in [-0.39, 0.29) is 17.3 Å². The number of nitrogens with zero attached hydrogens (tertiary/aromatic N) is 3. The van der Waals surface area contributed by atoms with Crippen LogP contribution in [0.25, 0.3) is 10.7 Å². The van der Waals surface area contributed by atoms with Crippen molar-refractivity contribution in [3.63, 3.8) is 0 Å². The lowest BCUT2D eigenvalue weighted by Crippen LogP contribution is -2.40. The van der Waals surface area contributed by atoms with Crippen molar-refractivity contribution in [3.05, 3.63) is 17.5 Å². The molecular weight excluding hydrogens is 392 g/mol. The summed E-state index contributed by atoms with van der Waals surface area (Å²) in [4.78, 5) is 13.8. The summed E-state index contributed by atoms with van der Waals surface area (Å²) >= 11 is 3.15. The molecule has 2 fully saturated rings.